The highest BCUT2D eigenvalue weighted by Crippen LogP contribution is 1.98. The smallest absolute Gasteiger partial charge is 0.223 e. The lowest BCUT2D eigenvalue weighted by Gasteiger charge is -2.18. The van der Waals surface area contributed by atoms with E-state index in [-0.39, 0.29) is 18.6 Å². The summed E-state index contributed by atoms with van der Waals surface area (Å²) in [6.45, 7) is 1.38. The van der Waals surface area contributed by atoms with Gasteiger partial charge in [-0.05, 0) is 0 Å². The van der Waals surface area contributed by atoms with E-state index in [1.165, 1.54) is 0 Å². The predicted molar refractivity (Wildman–Crippen MR) is 41.1 cm³/mol. The van der Waals surface area contributed by atoms with Crippen molar-refractivity contribution in [3.63, 3.8) is 0 Å². The van der Waals surface area contributed by atoms with Crippen LogP contribution in [0.15, 0.2) is 0 Å². The van der Waals surface area contributed by atoms with Gasteiger partial charge < -0.3 is 15.3 Å². The maximum Gasteiger partial charge on any atom is 0.223 e. The zero-order chi connectivity index (χ0) is 8.27. The number of amides is 1. The first-order valence-electron chi connectivity index (χ1n) is 3.82. The molecule has 4 heteroatoms. The number of rotatable bonds is 1. The van der Waals surface area contributed by atoms with Gasteiger partial charge in [0.05, 0.1) is 6.61 Å². The number of hydrogen-bond acceptors (Lipinski definition) is 3. The molecular formula is C7H14N2O2. The molecule has 0 bridgehead atoms. The standard InChI is InChI=1S/C7H14N2O2/c1-9-4-6(5-10)8-3-2-7(9)11/h6,8,10H,2-5H2,1H3. The third-order valence-electron chi connectivity index (χ3n) is 1.91. The number of hydrogen-bond donors (Lipinski definition) is 2. The Balaban J connectivity index is 2.48. The van der Waals surface area contributed by atoms with Gasteiger partial charge in [-0.15, -0.1) is 0 Å². The summed E-state index contributed by atoms with van der Waals surface area (Å²) in [7, 11) is 1.76. The van der Waals surface area contributed by atoms with Crippen LogP contribution in [0, 0.1) is 0 Å². The Hall–Kier alpha value is -0.610. The summed E-state index contributed by atoms with van der Waals surface area (Å²) in [4.78, 5) is 12.7. The average Bonchev–Trinajstić information content (AvgIpc) is 2.15. The van der Waals surface area contributed by atoms with Crippen LogP contribution in [0.3, 0.4) is 0 Å². The monoisotopic (exact) mass is 158 g/mol. The van der Waals surface area contributed by atoms with Crippen LogP contribution in [0.25, 0.3) is 0 Å². The van der Waals surface area contributed by atoms with Gasteiger partial charge in [0.15, 0.2) is 0 Å². The van der Waals surface area contributed by atoms with Crippen molar-refractivity contribution in [2.45, 2.75) is 12.5 Å². The zero-order valence-corrected chi connectivity index (χ0v) is 6.71. The third-order valence-corrected chi connectivity index (χ3v) is 1.91. The highest BCUT2D eigenvalue weighted by molar-refractivity contribution is 5.76. The van der Waals surface area contributed by atoms with Crippen molar-refractivity contribution >= 4 is 5.91 Å². The van der Waals surface area contributed by atoms with Crippen LogP contribution in [0.1, 0.15) is 6.42 Å². The Morgan fingerprint density at radius 3 is 3.18 bits per heavy atom. The molecule has 1 amide bonds. The Bertz CT molecular complexity index is 149. The highest BCUT2D eigenvalue weighted by atomic mass is 16.3. The normalized spacial score (nSPS) is 26.9. The Morgan fingerprint density at radius 2 is 2.55 bits per heavy atom. The van der Waals surface area contributed by atoms with E-state index in [9.17, 15) is 4.79 Å². The molecule has 64 valence electrons. The maximum atomic E-state index is 11.1. The van der Waals surface area contributed by atoms with Crippen LogP contribution >= 0.6 is 0 Å². The molecule has 0 aromatic carbocycles. The van der Waals surface area contributed by atoms with E-state index in [1.807, 2.05) is 0 Å². The van der Waals surface area contributed by atoms with E-state index in [0.29, 0.717) is 19.5 Å². The number of nitrogens with one attached hydrogen (secondary N) is 1. The van der Waals surface area contributed by atoms with Gasteiger partial charge in [-0.3, -0.25) is 4.79 Å². The lowest BCUT2D eigenvalue weighted by atomic mass is 10.3. The maximum absolute atomic E-state index is 11.1. The molecule has 1 unspecified atom stereocenters. The van der Waals surface area contributed by atoms with Crippen molar-refractivity contribution in [1.29, 1.82) is 0 Å². The molecule has 0 aliphatic carbocycles. The largest absolute Gasteiger partial charge is 0.395 e. The minimum Gasteiger partial charge on any atom is -0.395 e. The Morgan fingerprint density at radius 1 is 1.82 bits per heavy atom. The topological polar surface area (TPSA) is 52.6 Å². The summed E-state index contributed by atoms with van der Waals surface area (Å²) in [5.74, 6) is 0.147. The van der Waals surface area contributed by atoms with E-state index in [4.69, 9.17) is 5.11 Å². The van der Waals surface area contributed by atoms with Gasteiger partial charge in [-0.1, -0.05) is 0 Å². The van der Waals surface area contributed by atoms with Crippen molar-refractivity contribution < 1.29 is 9.90 Å². The number of aliphatic hydroxyl groups is 1. The van der Waals surface area contributed by atoms with Gasteiger partial charge in [-0.25, -0.2) is 0 Å². The molecular weight excluding hydrogens is 144 g/mol. The van der Waals surface area contributed by atoms with Crippen LogP contribution in [-0.2, 0) is 4.79 Å². The Kier molecular flexibility index (Phi) is 2.84. The number of carbonyl (C=O) groups is 1. The first kappa shape index (κ1) is 8.49. The van der Waals surface area contributed by atoms with Crippen molar-refractivity contribution in [1.82, 2.24) is 10.2 Å². The molecule has 1 fully saturated rings. The van der Waals surface area contributed by atoms with Gasteiger partial charge in [0.25, 0.3) is 0 Å². The van der Waals surface area contributed by atoms with Crippen LogP contribution < -0.4 is 5.32 Å². The molecule has 0 aromatic rings. The molecule has 4 nitrogen and oxygen atoms in total. The fourth-order valence-corrected chi connectivity index (χ4v) is 1.19. The van der Waals surface area contributed by atoms with Gasteiger partial charge >= 0.3 is 0 Å². The fourth-order valence-electron chi connectivity index (χ4n) is 1.19. The quantitative estimate of drug-likeness (QED) is 0.504. The molecule has 1 rings (SSSR count). The zero-order valence-electron chi connectivity index (χ0n) is 6.71. The second-order valence-electron chi connectivity index (χ2n) is 2.86. The van der Waals surface area contributed by atoms with E-state index in [0.717, 1.165) is 0 Å². The SMILES string of the molecule is CN1CC(CO)NCCC1=O. The molecule has 0 radical (unpaired) electrons. The summed E-state index contributed by atoms with van der Waals surface area (Å²) in [6.07, 6.45) is 0.535. The average molecular weight is 158 g/mol. The van der Waals surface area contributed by atoms with Crippen LogP contribution in [0.5, 0.6) is 0 Å². The first-order valence-corrected chi connectivity index (χ1v) is 3.82. The third kappa shape index (κ3) is 2.17. The van der Waals surface area contributed by atoms with Gasteiger partial charge in [-0.2, -0.15) is 0 Å². The molecule has 1 saturated heterocycles. The predicted octanol–water partition coefficient (Wildman–Crippen LogP) is -1.20. The molecule has 11 heavy (non-hydrogen) atoms. The number of nitrogens with zero attached hydrogens (tertiary/aromatic N) is 1. The second kappa shape index (κ2) is 3.69. The van der Waals surface area contributed by atoms with Crippen molar-refractivity contribution in [3.8, 4) is 0 Å². The molecule has 0 aromatic heterocycles. The van der Waals surface area contributed by atoms with Crippen molar-refractivity contribution in [2.75, 3.05) is 26.7 Å². The van der Waals surface area contributed by atoms with E-state index >= 15 is 0 Å². The van der Waals surface area contributed by atoms with Gasteiger partial charge in [0.1, 0.15) is 0 Å². The van der Waals surface area contributed by atoms with Crippen molar-refractivity contribution in [2.24, 2.45) is 0 Å². The van der Waals surface area contributed by atoms with E-state index in [1.54, 1.807) is 11.9 Å². The summed E-state index contributed by atoms with van der Waals surface area (Å²) < 4.78 is 0. The Labute approximate surface area is 66.2 Å². The van der Waals surface area contributed by atoms with Crippen molar-refractivity contribution in [3.05, 3.63) is 0 Å². The van der Waals surface area contributed by atoms with Crippen LogP contribution in [0.2, 0.25) is 0 Å². The minimum atomic E-state index is 0.0476. The summed E-state index contributed by atoms with van der Waals surface area (Å²) in [5, 5.41) is 11.9. The highest BCUT2D eigenvalue weighted by Gasteiger charge is 2.18. The molecule has 1 heterocycles. The van der Waals surface area contributed by atoms with E-state index < -0.39 is 0 Å². The molecule has 2 N–H and O–H groups in total. The lowest BCUT2D eigenvalue weighted by molar-refractivity contribution is -0.129. The molecule has 1 aliphatic heterocycles. The lowest BCUT2D eigenvalue weighted by Crippen LogP contribution is -2.39. The molecule has 0 spiro atoms. The van der Waals surface area contributed by atoms with Gasteiger partial charge in [0.2, 0.25) is 5.91 Å². The first-order chi connectivity index (χ1) is 5.24. The summed E-state index contributed by atoms with van der Waals surface area (Å²) >= 11 is 0. The summed E-state index contributed by atoms with van der Waals surface area (Å²) in [5.41, 5.74) is 0. The molecule has 0 saturated carbocycles. The van der Waals surface area contributed by atoms with E-state index in [2.05, 4.69) is 5.32 Å². The fraction of sp³-hybridized carbons (Fsp3) is 0.857. The summed E-state index contributed by atoms with van der Waals surface area (Å²) in [6, 6.07) is 0.0476. The molecule has 1 atom stereocenters. The number of likely N-dealkylation sites (N-methyl/N-ethyl adjacent to an activating group) is 1. The van der Waals surface area contributed by atoms with Gasteiger partial charge in [0, 0.05) is 32.6 Å². The van der Waals surface area contributed by atoms with Crippen LogP contribution in [-0.4, -0.2) is 48.7 Å². The second-order valence-corrected chi connectivity index (χ2v) is 2.86. The van der Waals surface area contributed by atoms with Crippen LogP contribution in [0.4, 0.5) is 0 Å². The molecule has 1 aliphatic rings. The number of carbonyl (C=O) groups excluding carboxylic acids is 1. The number of aliphatic hydroxyl groups excluding tert-OH is 1. The minimum absolute atomic E-state index is 0.0476.